The van der Waals surface area contributed by atoms with E-state index >= 15 is 0 Å². The number of nitrogens with zero attached hydrogens (tertiary/aromatic N) is 8. The van der Waals surface area contributed by atoms with E-state index in [-0.39, 0.29) is 76.7 Å². The molecule has 10 aromatic carbocycles. The Hall–Kier alpha value is -10.6. The van der Waals surface area contributed by atoms with Gasteiger partial charge in [-0.05, 0) is 197 Å². The molecular formula is C96H98N8. The Kier molecular flexibility index (Phi) is 15.9. The zero-order valence-electron chi connectivity index (χ0n) is 65.6. The van der Waals surface area contributed by atoms with Crippen molar-refractivity contribution in [3.8, 4) is 58.2 Å². The predicted octanol–water partition coefficient (Wildman–Crippen LogP) is 25.6. The highest BCUT2D eigenvalue weighted by molar-refractivity contribution is 6.15. The Morgan fingerprint density at radius 1 is 0.192 bits per heavy atom. The predicted molar refractivity (Wildman–Crippen MR) is 438 cm³/mol. The largest absolute Gasteiger partial charge is 0.308 e. The Balaban J connectivity index is 1.27. The first-order valence-electron chi connectivity index (χ1n) is 36.9. The molecule has 0 N–H and O–H groups in total. The fraction of sp³-hybridized carbons (Fsp3) is 0.333. The quantitative estimate of drug-likeness (QED) is 0.171. The normalized spacial score (nSPS) is 13.2. The second-order valence-electron chi connectivity index (χ2n) is 37.7. The van der Waals surface area contributed by atoms with Crippen LogP contribution in [-0.4, -0.2) is 18.3 Å². The van der Waals surface area contributed by atoms with E-state index < -0.39 is 0 Å². The van der Waals surface area contributed by atoms with Gasteiger partial charge in [-0.2, -0.15) is 21.0 Å². The van der Waals surface area contributed by atoms with E-state index in [0.717, 1.165) is 132 Å². The van der Waals surface area contributed by atoms with Crippen molar-refractivity contribution in [1.82, 2.24) is 18.3 Å². The summed E-state index contributed by atoms with van der Waals surface area (Å²) in [6.07, 6.45) is 0. The summed E-state index contributed by atoms with van der Waals surface area (Å²) < 4.78 is 8.84. The molecule has 0 saturated carbocycles. The first-order valence-corrected chi connectivity index (χ1v) is 36.9. The van der Waals surface area contributed by atoms with Gasteiger partial charge in [-0.3, -0.25) is 0 Å². The van der Waals surface area contributed by atoms with Crippen molar-refractivity contribution >= 4 is 87.2 Å². The molecule has 522 valence electrons. The van der Waals surface area contributed by atoms with Crippen LogP contribution in [0.25, 0.3) is 121 Å². The van der Waals surface area contributed by atoms with E-state index in [1.807, 2.05) is 12.1 Å². The van der Waals surface area contributed by atoms with Crippen LogP contribution >= 0.6 is 0 Å². The highest BCUT2D eigenvalue weighted by Crippen LogP contribution is 2.51. The smallest absolute Gasteiger partial charge is 0.102 e. The molecule has 14 rings (SSSR count). The van der Waals surface area contributed by atoms with Gasteiger partial charge >= 0.3 is 0 Å². The average Bonchev–Trinajstić information content (AvgIpc) is 1.44. The number of benzene rings is 10. The lowest BCUT2D eigenvalue weighted by atomic mass is 9.85. The Bertz CT molecular complexity index is 5170. The fourth-order valence-corrected chi connectivity index (χ4v) is 15.8. The van der Waals surface area contributed by atoms with Crippen LogP contribution in [-0.2, 0) is 43.3 Å². The minimum absolute atomic E-state index is 0.143. The van der Waals surface area contributed by atoms with E-state index in [9.17, 15) is 21.0 Å². The number of nitriles is 4. The van der Waals surface area contributed by atoms with Gasteiger partial charge in [0.25, 0.3) is 0 Å². The third kappa shape index (κ3) is 11.3. The maximum absolute atomic E-state index is 12.9. The van der Waals surface area contributed by atoms with Gasteiger partial charge in [0, 0.05) is 54.2 Å². The molecule has 0 atom stereocenters. The lowest BCUT2D eigenvalue weighted by Gasteiger charge is -2.25. The molecule has 0 amide bonds. The number of aromatic nitrogens is 4. The van der Waals surface area contributed by atoms with E-state index in [4.69, 9.17) is 0 Å². The summed E-state index contributed by atoms with van der Waals surface area (Å²) in [4.78, 5) is 0. The first kappa shape index (κ1) is 70.4. The summed E-state index contributed by atoms with van der Waals surface area (Å²) in [5.74, 6) is 0. The zero-order valence-corrected chi connectivity index (χ0v) is 65.6. The van der Waals surface area contributed by atoms with Gasteiger partial charge in [0.1, 0.15) is 24.3 Å². The van der Waals surface area contributed by atoms with Crippen molar-refractivity contribution in [2.45, 2.75) is 209 Å². The molecule has 0 aliphatic carbocycles. The second kappa shape index (κ2) is 23.4. The molecule has 4 heterocycles. The fourth-order valence-electron chi connectivity index (χ4n) is 15.8. The van der Waals surface area contributed by atoms with Gasteiger partial charge in [-0.1, -0.05) is 215 Å². The molecule has 8 heteroatoms. The molecule has 0 spiro atoms. The molecule has 0 saturated heterocycles. The maximum atomic E-state index is 12.9. The van der Waals surface area contributed by atoms with Crippen LogP contribution in [0.1, 0.15) is 233 Å². The van der Waals surface area contributed by atoms with E-state index in [1.165, 1.54) is 0 Å². The van der Waals surface area contributed by atoms with Crippen molar-refractivity contribution in [2.24, 2.45) is 0 Å². The Morgan fingerprint density at radius 2 is 0.317 bits per heavy atom. The van der Waals surface area contributed by atoms with Crippen molar-refractivity contribution in [3.63, 3.8) is 0 Å². The topological polar surface area (TPSA) is 115 Å². The third-order valence-electron chi connectivity index (χ3n) is 22.2. The van der Waals surface area contributed by atoms with Crippen LogP contribution < -0.4 is 0 Å². The minimum Gasteiger partial charge on any atom is -0.308 e. The molecule has 0 aliphatic heterocycles. The Labute approximate surface area is 615 Å². The molecule has 0 fully saturated rings. The molecule has 0 unspecified atom stereocenters. The molecule has 0 bridgehead atoms. The molecule has 4 aromatic heterocycles. The van der Waals surface area contributed by atoms with Crippen LogP contribution in [0.4, 0.5) is 0 Å². The maximum Gasteiger partial charge on any atom is 0.102 e. The lowest BCUT2D eigenvalue weighted by molar-refractivity contribution is 0.590. The Morgan fingerprint density at radius 3 is 0.423 bits per heavy atom. The van der Waals surface area contributed by atoms with Crippen molar-refractivity contribution in [2.75, 3.05) is 0 Å². The average molecular weight is 1360 g/mol. The van der Waals surface area contributed by atoms with Gasteiger partial charge < -0.3 is 18.3 Å². The van der Waals surface area contributed by atoms with Crippen LogP contribution in [0, 0.1) is 45.3 Å². The van der Waals surface area contributed by atoms with Gasteiger partial charge in [0.15, 0.2) is 0 Å². The summed E-state index contributed by atoms with van der Waals surface area (Å²) in [5.41, 5.74) is 17.4. The summed E-state index contributed by atoms with van der Waals surface area (Å²) in [6, 6.07) is 68.9. The van der Waals surface area contributed by atoms with Gasteiger partial charge in [0.05, 0.1) is 89.1 Å². The number of fused-ring (bicyclic) bond motifs is 12. The van der Waals surface area contributed by atoms with Crippen LogP contribution in [0.5, 0.6) is 0 Å². The minimum atomic E-state index is -0.211. The molecule has 8 nitrogen and oxygen atoms in total. The zero-order chi connectivity index (χ0) is 75.2. The number of hydrogen-bond donors (Lipinski definition) is 0. The van der Waals surface area contributed by atoms with Crippen LogP contribution in [0.2, 0.25) is 0 Å². The molecule has 0 aliphatic rings. The number of rotatable bonds is 5. The first-order chi connectivity index (χ1) is 48.5. The van der Waals surface area contributed by atoms with E-state index in [0.29, 0.717) is 22.7 Å². The second-order valence-corrected chi connectivity index (χ2v) is 37.7. The van der Waals surface area contributed by atoms with Crippen LogP contribution in [0.3, 0.4) is 0 Å². The van der Waals surface area contributed by atoms with Crippen molar-refractivity contribution < 1.29 is 0 Å². The summed E-state index contributed by atoms with van der Waals surface area (Å²) in [5, 5.41) is 59.8. The van der Waals surface area contributed by atoms with E-state index in [1.54, 1.807) is 0 Å². The molecule has 0 radical (unpaired) electrons. The molecule has 14 aromatic rings. The lowest BCUT2D eigenvalue weighted by Crippen LogP contribution is -2.13. The van der Waals surface area contributed by atoms with Crippen LogP contribution in [0.15, 0.2) is 158 Å². The molecule has 104 heavy (non-hydrogen) atoms. The van der Waals surface area contributed by atoms with E-state index in [2.05, 4.69) is 354 Å². The highest BCUT2D eigenvalue weighted by Gasteiger charge is 2.36. The van der Waals surface area contributed by atoms with Crippen molar-refractivity contribution in [3.05, 3.63) is 224 Å². The van der Waals surface area contributed by atoms with Gasteiger partial charge in [-0.25, -0.2) is 0 Å². The van der Waals surface area contributed by atoms with Crippen molar-refractivity contribution in [1.29, 1.82) is 21.0 Å². The SMILES string of the molecule is CC(C)(C)c1ccc2c(c1)c1cc(C(C)(C)C)ccc1n2-c1cc(-n2c3ccc(C(C)(C)C)cc3c3cc(C(C)(C)C)ccc32)c(C#N)c(-c2c(C#N)c(-n3c4ccc(C(C)(C)C)cc4c4cc(C(C)(C)C)ccc43)cc(-n3c4ccc(C(C)(C)C)cc4c4cc(C(C)(C)C)ccc43)c2C#N)c1C#N. The number of hydrogen-bond acceptors (Lipinski definition) is 4. The third-order valence-corrected chi connectivity index (χ3v) is 22.2. The van der Waals surface area contributed by atoms with Gasteiger partial charge in [0.2, 0.25) is 0 Å². The molecular weight excluding hydrogens is 1270 g/mol. The van der Waals surface area contributed by atoms with Gasteiger partial charge in [-0.15, -0.1) is 0 Å². The summed E-state index contributed by atoms with van der Waals surface area (Å²) in [7, 11) is 0. The highest BCUT2D eigenvalue weighted by atomic mass is 15.0. The summed E-state index contributed by atoms with van der Waals surface area (Å²) in [6.45, 7) is 53.7. The standard InChI is InChI=1S/C96H98N8/c1-89(2,3)55-25-33-75-63(41-55)64-42-56(90(4,5)6)26-34-76(64)101(75)83-49-84(102-77-35-27-57(91(7,8)9)43-65(77)66-44-58(92(10,11)12)28-36-78(66)102)72(52-98)87(71(83)51-97)88-73(53-99)85(103-79-37-29-59(93(13,14)15)45-67(79)68-46-60(94(16,17)18)30-38-80(68)103)50-86(74(88)54-100)104-81-39-31-61(95(19,20)21)47-69(81)70-48-62(96(22,23)24)32-40-82(70)104/h25-50H,1-24H3. The monoisotopic (exact) mass is 1360 g/mol. The summed E-state index contributed by atoms with van der Waals surface area (Å²) >= 11 is 0.